The highest BCUT2D eigenvalue weighted by atomic mass is 16.5. The number of carbonyl (C=O) groups is 1. The number of aliphatic hydroxyl groups is 5. The van der Waals surface area contributed by atoms with Gasteiger partial charge >= 0.3 is 5.97 Å². The Morgan fingerprint density at radius 3 is 2.41 bits per heavy atom. The minimum absolute atomic E-state index is 0.0828. The SMILES string of the molecule is CC(O)C1(O)CCC2(O)C3(O)CCC4CC(O)CCC4(C)C3CC(OC(=O)C=Cc3ccccc3)C12C. The number of rotatable bonds is 4. The van der Waals surface area contributed by atoms with Gasteiger partial charge in [0.25, 0.3) is 0 Å². The molecule has 4 saturated carbocycles. The number of hydrogen-bond donors (Lipinski definition) is 5. The Kier molecular flexibility index (Phi) is 6.44. The van der Waals surface area contributed by atoms with Gasteiger partial charge in [0.15, 0.2) is 0 Å². The van der Waals surface area contributed by atoms with Crippen LogP contribution in [-0.2, 0) is 9.53 Å². The lowest BCUT2D eigenvalue weighted by Gasteiger charge is -2.69. The molecular weight excluding hydrogens is 472 g/mol. The summed E-state index contributed by atoms with van der Waals surface area (Å²) in [6.07, 6.45) is 3.91. The summed E-state index contributed by atoms with van der Waals surface area (Å²) in [5.74, 6) is -0.809. The van der Waals surface area contributed by atoms with Crippen molar-refractivity contribution in [3.8, 4) is 0 Å². The third-order valence-electron chi connectivity index (χ3n) is 11.3. The van der Waals surface area contributed by atoms with Gasteiger partial charge in [-0.1, -0.05) is 44.2 Å². The maximum atomic E-state index is 13.1. The van der Waals surface area contributed by atoms with E-state index in [1.165, 1.54) is 13.0 Å². The predicted molar refractivity (Wildman–Crippen MR) is 138 cm³/mol. The molecule has 1 aromatic carbocycles. The normalized spacial score (nSPS) is 48.1. The number of carbonyl (C=O) groups excluding carboxylic acids is 1. The lowest BCUT2D eigenvalue weighted by Crippen LogP contribution is -2.79. The van der Waals surface area contributed by atoms with Crippen LogP contribution in [-0.4, -0.2) is 66.6 Å². The molecule has 10 unspecified atom stereocenters. The van der Waals surface area contributed by atoms with Crippen LogP contribution in [0.15, 0.2) is 36.4 Å². The highest BCUT2D eigenvalue weighted by Gasteiger charge is 2.81. The Labute approximate surface area is 219 Å². The molecule has 0 saturated heterocycles. The molecule has 0 radical (unpaired) electrons. The first-order valence-electron chi connectivity index (χ1n) is 13.8. The molecule has 0 heterocycles. The van der Waals surface area contributed by atoms with Crippen LogP contribution in [0.5, 0.6) is 0 Å². The van der Waals surface area contributed by atoms with E-state index < -0.39 is 46.3 Å². The number of esters is 1. The van der Waals surface area contributed by atoms with Crippen LogP contribution in [0.4, 0.5) is 0 Å². The zero-order valence-electron chi connectivity index (χ0n) is 22.1. The molecule has 5 rings (SSSR count). The van der Waals surface area contributed by atoms with Gasteiger partial charge in [-0.25, -0.2) is 4.79 Å². The van der Waals surface area contributed by atoms with E-state index in [-0.39, 0.29) is 36.7 Å². The Bertz CT molecular complexity index is 1060. The van der Waals surface area contributed by atoms with E-state index in [4.69, 9.17) is 4.74 Å². The number of benzene rings is 1. The summed E-state index contributed by atoms with van der Waals surface area (Å²) in [4.78, 5) is 13.1. The third-order valence-corrected chi connectivity index (χ3v) is 11.3. The maximum absolute atomic E-state index is 13.1. The van der Waals surface area contributed by atoms with Crippen molar-refractivity contribution in [1.82, 2.24) is 0 Å². The van der Waals surface area contributed by atoms with E-state index in [0.717, 1.165) is 5.56 Å². The van der Waals surface area contributed by atoms with Crippen LogP contribution in [0, 0.1) is 22.7 Å². The van der Waals surface area contributed by atoms with Gasteiger partial charge in [0.05, 0.1) is 23.2 Å². The van der Waals surface area contributed by atoms with E-state index >= 15 is 0 Å². The average molecular weight is 515 g/mol. The van der Waals surface area contributed by atoms with Crippen molar-refractivity contribution in [2.24, 2.45) is 22.7 Å². The summed E-state index contributed by atoms with van der Waals surface area (Å²) in [6, 6.07) is 9.37. The first-order valence-corrected chi connectivity index (χ1v) is 13.8. The molecule has 7 nitrogen and oxygen atoms in total. The van der Waals surface area contributed by atoms with Crippen molar-refractivity contribution in [1.29, 1.82) is 0 Å². The number of hydrogen-bond acceptors (Lipinski definition) is 7. The van der Waals surface area contributed by atoms with Crippen LogP contribution in [0.2, 0.25) is 0 Å². The lowest BCUT2D eigenvalue weighted by molar-refractivity contribution is -0.341. The quantitative estimate of drug-likeness (QED) is 0.309. The van der Waals surface area contributed by atoms with E-state index in [1.54, 1.807) is 13.0 Å². The third kappa shape index (κ3) is 3.61. The van der Waals surface area contributed by atoms with E-state index in [0.29, 0.717) is 32.1 Å². The van der Waals surface area contributed by atoms with Gasteiger partial charge in [-0.2, -0.15) is 0 Å². The highest BCUT2D eigenvalue weighted by molar-refractivity contribution is 5.87. The van der Waals surface area contributed by atoms with Crippen molar-refractivity contribution in [3.05, 3.63) is 42.0 Å². The Morgan fingerprint density at radius 2 is 1.73 bits per heavy atom. The van der Waals surface area contributed by atoms with Crippen LogP contribution in [0.25, 0.3) is 6.08 Å². The summed E-state index contributed by atoms with van der Waals surface area (Å²) in [7, 11) is 0. The second kappa shape index (κ2) is 8.88. The van der Waals surface area contributed by atoms with Crippen molar-refractivity contribution < 1.29 is 35.1 Å². The van der Waals surface area contributed by atoms with Gasteiger partial charge in [-0.3, -0.25) is 0 Å². The van der Waals surface area contributed by atoms with Crippen molar-refractivity contribution in [2.45, 2.75) is 107 Å². The summed E-state index contributed by atoms with van der Waals surface area (Å²) < 4.78 is 6.06. The Morgan fingerprint density at radius 1 is 1.03 bits per heavy atom. The zero-order chi connectivity index (χ0) is 26.9. The van der Waals surface area contributed by atoms with Gasteiger partial charge in [-0.05, 0) is 87.2 Å². The smallest absolute Gasteiger partial charge is 0.331 e. The summed E-state index contributed by atoms with van der Waals surface area (Å²) in [6.45, 7) is 5.29. The second-order valence-corrected chi connectivity index (χ2v) is 12.7. The van der Waals surface area contributed by atoms with Gasteiger partial charge in [-0.15, -0.1) is 0 Å². The molecular formula is C30H42O7. The standard InChI is InChI=1S/C30H42O7/c1-19(31)28(34)15-16-30(36)27(28,3)24(37-25(33)10-9-20-7-5-4-6-8-20)18-23-26(2)13-12-22(32)17-21(26)11-14-29(23,30)35/h4-10,19,21-24,31-32,34-36H,11-18H2,1-3H3. The van der Waals surface area contributed by atoms with E-state index in [9.17, 15) is 30.3 Å². The summed E-state index contributed by atoms with van der Waals surface area (Å²) >= 11 is 0. The Hall–Kier alpha value is -1.77. The fraction of sp³-hybridized carbons (Fsp3) is 0.700. The molecule has 4 fully saturated rings. The molecule has 0 amide bonds. The predicted octanol–water partition coefficient (Wildman–Crippen LogP) is 2.97. The fourth-order valence-corrected chi connectivity index (χ4v) is 9.00. The van der Waals surface area contributed by atoms with Crippen molar-refractivity contribution >= 4 is 12.0 Å². The molecule has 0 aliphatic heterocycles. The molecule has 4 aliphatic rings. The molecule has 10 atom stereocenters. The van der Waals surface area contributed by atoms with Crippen molar-refractivity contribution in [3.63, 3.8) is 0 Å². The van der Waals surface area contributed by atoms with Gasteiger partial charge in [0.2, 0.25) is 0 Å². The van der Waals surface area contributed by atoms with E-state index in [2.05, 4.69) is 6.92 Å². The molecule has 1 aromatic rings. The molecule has 0 bridgehead atoms. The lowest BCUT2D eigenvalue weighted by atomic mass is 9.40. The van der Waals surface area contributed by atoms with E-state index in [1.807, 2.05) is 30.3 Å². The van der Waals surface area contributed by atoms with Gasteiger partial charge in [0, 0.05) is 6.08 Å². The second-order valence-electron chi connectivity index (χ2n) is 12.7. The molecule has 5 N–H and O–H groups in total. The number of fused-ring (bicyclic) bond motifs is 5. The minimum atomic E-state index is -1.77. The van der Waals surface area contributed by atoms with Gasteiger partial charge < -0.3 is 30.3 Å². The summed E-state index contributed by atoms with van der Waals surface area (Å²) in [5.41, 5.74) is -6.06. The molecule has 37 heavy (non-hydrogen) atoms. The zero-order valence-corrected chi connectivity index (χ0v) is 22.1. The van der Waals surface area contributed by atoms with Crippen LogP contribution >= 0.6 is 0 Å². The molecule has 7 heteroatoms. The first-order chi connectivity index (χ1) is 17.3. The van der Waals surface area contributed by atoms with Crippen LogP contribution < -0.4 is 0 Å². The fourth-order valence-electron chi connectivity index (χ4n) is 9.00. The molecule has 0 aromatic heterocycles. The topological polar surface area (TPSA) is 127 Å². The summed E-state index contributed by atoms with van der Waals surface area (Å²) in [5, 5.41) is 57.9. The molecule has 0 spiro atoms. The Balaban J connectivity index is 1.55. The van der Waals surface area contributed by atoms with Crippen LogP contribution in [0.3, 0.4) is 0 Å². The number of aliphatic hydroxyl groups excluding tert-OH is 2. The first kappa shape index (κ1) is 26.8. The monoisotopic (exact) mass is 514 g/mol. The minimum Gasteiger partial charge on any atom is -0.458 e. The van der Waals surface area contributed by atoms with Crippen LogP contribution in [0.1, 0.15) is 77.7 Å². The molecule has 4 aliphatic carbocycles. The highest BCUT2D eigenvalue weighted by Crippen LogP contribution is 2.72. The average Bonchev–Trinajstić information content (AvgIpc) is 3.10. The van der Waals surface area contributed by atoms with Gasteiger partial charge in [0.1, 0.15) is 17.3 Å². The van der Waals surface area contributed by atoms with Crippen molar-refractivity contribution in [2.75, 3.05) is 0 Å². The largest absolute Gasteiger partial charge is 0.458 e. The maximum Gasteiger partial charge on any atom is 0.331 e. The number of ether oxygens (including phenoxy) is 1. The molecule has 204 valence electrons.